The minimum Gasteiger partial charge on any atom is -0.508 e. The van der Waals surface area contributed by atoms with Crippen LogP contribution < -0.4 is 11.1 Å². The average Bonchev–Trinajstić information content (AvgIpc) is 2.74. The van der Waals surface area contributed by atoms with E-state index < -0.39 is 0 Å². The zero-order valence-corrected chi connectivity index (χ0v) is 19.7. The quantitative estimate of drug-likeness (QED) is 0.323. The first-order valence-corrected chi connectivity index (χ1v) is 11.0. The molecular formula is C26H37BN2O2. The molecule has 3 rings (SSSR count). The van der Waals surface area contributed by atoms with Crippen LogP contribution in [0.25, 0.3) is 11.5 Å². The second-order valence-electron chi connectivity index (χ2n) is 8.68. The van der Waals surface area contributed by atoms with Crippen molar-refractivity contribution < 1.29 is 9.76 Å². The third-order valence-corrected chi connectivity index (χ3v) is 5.98. The molecule has 0 fully saturated rings. The van der Waals surface area contributed by atoms with Crippen molar-refractivity contribution in [2.24, 2.45) is 5.92 Å². The molecule has 0 bridgehead atoms. The van der Waals surface area contributed by atoms with E-state index in [1.165, 1.54) is 12.0 Å². The fourth-order valence-corrected chi connectivity index (χ4v) is 3.58. The molecule has 0 amide bonds. The number of aliphatic hydroxyl groups is 1. The zero-order valence-electron chi connectivity index (χ0n) is 19.7. The lowest BCUT2D eigenvalue weighted by Gasteiger charge is -2.32. The number of anilines is 1. The molecule has 1 aliphatic rings. The highest BCUT2D eigenvalue weighted by Crippen LogP contribution is 2.28. The number of benzene rings is 2. The van der Waals surface area contributed by atoms with Crippen molar-refractivity contribution in [1.29, 1.82) is 0 Å². The van der Waals surface area contributed by atoms with Gasteiger partial charge in [-0.2, -0.15) is 0 Å². The Labute approximate surface area is 188 Å². The first-order valence-electron chi connectivity index (χ1n) is 11.0. The largest absolute Gasteiger partial charge is 0.508 e. The van der Waals surface area contributed by atoms with Crippen molar-refractivity contribution in [3.05, 3.63) is 77.4 Å². The summed E-state index contributed by atoms with van der Waals surface area (Å²) in [5.74, 6) is 1.07. The van der Waals surface area contributed by atoms with Crippen molar-refractivity contribution in [1.82, 2.24) is 5.32 Å². The molecule has 0 aliphatic carbocycles. The van der Waals surface area contributed by atoms with Crippen molar-refractivity contribution in [2.45, 2.75) is 52.8 Å². The Balaban J connectivity index is 0.000000614. The predicted octanol–water partition coefficient (Wildman–Crippen LogP) is 5.60. The van der Waals surface area contributed by atoms with Crippen LogP contribution in [0.3, 0.4) is 0 Å². The van der Waals surface area contributed by atoms with Gasteiger partial charge in [0.1, 0.15) is 5.76 Å². The lowest BCUT2D eigenvalue weighted by molar-refractivity contribution is 0.396. The summed E-state index contributed by atoms with van der Waals surface area (Å²) in [6.07, 6.45) is 2.80. The third kappa shape index (κ3) is 6.41. The first-order chi connectivity index (χ1) is 14.7. The number of hydrogen-bond donors (Lipinski definition) is 3. The molecule has 31 heavy (non-hydrogen) atoms. The minimum atomic E-state index is -0.0254. The van der Waals surface area contributed by atoms with E-state index in [2.05, 4.69) is 45.3 Å². The molecular weight excluding hydrogens is 383 g/mol. The second-order valence-corrected chi connectivity index (χ2v) is 8.68. The minimum absolute atomic E-state index is 0.0254. The number of nitrogen functional groups attached to an aromatic ring is 1. The topological polar surface area (TPSA) is 67.5 Å². The van der Waals surface area contributed by atoms with E-state index in [1.54, 1.807) is 7.11 Å². The predicted molar refractivity (Wildman–Crippen MR) is 135 cm³/mol. The van der Waals surface area contributed by atoms with Crippen LogP contribution in [0, 0.1) is 12.8 Å². The molecule has 1 heterocycles. The van der Waals surface area contributed by atoms with Crippen LogP contribution in [-0.4, -0.2) is 25.1 Å². The number of aliphatic hydroxyl groups excluding tert-OH is 1. The van der Waals surface area contributed by atoms with Gasteiger partial charge in [0, 0.05) is 30.0 Å². The van der Waals surface area contributed by atoms with E-state index in [1.807, 2.05) is 37.3 Å². The second kappa shape index (κ2) is 11.1. The van der Waals surface area contributed by atoms with E-state index in [4.69, 9.17) is 10.4 Å². The van der Waals surface area contributed by atoms with Gasteiger partial charge in [0.15, 0.2) is 0 Å². The lowest BCUT2D eigenvalue weighted by atomic mass is 9.50. The fourth-order valence-electron chi connectivity index (χ4n) is 3.58. The molecule has 0 aromatic heterocycles. The van der Waals surface area contributed by atoms with Gasteiger partial charge in [-0.25, -0.2) is 0 Å². The monoisotopic (exact) mass is 420 g/mol. The molecule has 166 valence electrons. The van der Waals surface area contributed by atoms with E-state index >= 15 is 0 Å². The maximum Gasteiger partial charge on any atom is 0.319 e. The van der Waals surface area contributed by atoms with Crippen LogP contribution in [0.2, 0.25) is 0 Å². The van der Waals surface area contributed by atoms with Crippen LogP contribution >= 0.6 is 0 Å². The molecule has 1 aliphatic heterocycles. The van der Waals surface area contributed by atoms with Crippen LogP contribution in [0.5, 0.6) is 0 Å². The number of nitrogens with two attached hydrogens (primary N) is 1. The van der Waals surface area contributed by atoms with Gasteiger partial charge in [0.25, 0.3) is 0 Å². The highest BCUT2D eigenvalue weighted by molar-refractivity contribution is 6.54. The average molecular weight is 420 g/mol. The summed E-state index contributed by atoms with van der Waals surface area (Å²) >= 11 is 0. The van der Waals surface area contributed by atoms with Crippen molar-refractivity contribution in [3.8, 4) is 0 Å². The van der Waals surface area contributed by atoms with Gasteiger partial charge < -0.3 is 20.8 Å². The zero-order chi connectivity index (χ0) is 23.1. The summed E-state index contributed by atoms with van der Waals surface area (Å²) in [4.78, 5) is 0. The Hall–Kier alpha value is -2.66. The van der Waals surface area contributed by atoms with Crippen molar-refractivity contribution in [2.75, 3.05) is 12.8 Å². The standard InChI is InChI=1S/C21H25BN2O2.C5H12/c1-13-8-9-16(10-20(13)23)14(2)24-21-11-17-6-5-7-18(15(3)25)19(17)12-22(21)26-4;1-4-5(2)3/h5-10,21,24-25H,2-3,11-12,23H2,1,4H3;5H,4H2,1-3H3. The summed E-state index contributed by atoms with van der Waals surface area (Å²) < 4.78 is 5.74. The Morgan fingerprint density at radius 1 is 1.29 bits per heavy atom. The first kappa shape index (κ1) is 24.6. The highest BCUT2D eigenvalue weighted by atomic mass is 16.4. The van der Waals surface area contributed by atoms with Crippen LogP contribution in [0.15, 0.2) is 49.6 Å². The van der Waals surface area contributed by atoms with Gasteiger partial charge in [-0.15, -0.1) is 0 Å². The molecule has 2 aromatic carbocycles. The van der Waals surface area contributed by atoms with Crippen molar-refractivity contribution in [3.63, 3.8) is 0 Å². The van der Waals surface area contributed by atoms with E-state index in [0.717, 1.165) is 46.0 Å². The number of hydrogen-bond acceptors (Lipinski definition) is 4. The smallest absolute Gasteiger partial charge is 0.319 e. The molecule has 5 heteroatoms. The Morgan fingerprint density at radius 3 is 2.52 bits per heavy atom. The maximum absolute atomic E-state index is 9.87. The van der Waals surface area contributed by atoms with E-state index in [-0.39, 0.29) is 18.6 Å². The highest BCUT2D eigenvalue weighted by Gasteiger charge is 2.34. The van der Waals surface area contributed by atoms with Gasteiger partial charge in [0.2, 0.25) is 0 Å². The Kier molecular flexibility index (Phi) is 8.82. The van der Waals surface area contributed by atoms with Crippen LogP contribution in [0.4, 0.5) is 5.69 Å². The molecule has 0 saturated heterocycles. The summed E-state index contributed by atoms with van der Waals surface area (Å²) in [7, 11) is 1.72. The van der Waals surface area contributed by atoms with Gasteiger partial charge in [-0.3, -0.25) is 0 Å². The number of aryl methyl sites for hydroxylation is 1. The number of fused-ring (bicyclic) bond motifs is 1. The summed E-state index contributed by atoms with van der Waals surface area (Å²) in [5, 5.41) is 13.4. The molecule has 4 N–H and O–H groups in total. The SMILES string of the molecule is C=C(NC1Cc2cccc(C(=C)O)c2CB1OC)c1ccc(C)c(N)c1.CCC(C)C. The van der Waals surface area contributed by atoms with Crippen molar-refractivity contribution >= 4 is 24.1 Å². The third-order valence-electron chi connectivity index (χ3n) is 5.98. The molecule has 4 nitrogen and oxygen atoms in total. The molecule has 2 aromatic rings. The van der Waals surface area contributed by atoms with Crippen LogP contribution in [0.1, 0.15) is 55.0 Å². The van der Waals surface area contributed by atoms with Crippen LogP contribution in [-0.2, 0) is 17.4 Å². The summed E-state index contributed by atoms with van der Waals surface area (Å²) in [5.41, 5.74) is 12.7. The van der Waals surface area contributed by atoms with E-state index in [9.17, 15) is 5.11 Å². The normalized spacial score (nSPS) is 15.0. The lowest BCUT2D eigenvalue weighted by Crippen LogP contribution is -2.49. The van der Waals surface area contributed by atoms with Gasteiger partial charge in [-0.05, 0) is 53.9 Å². The Bertz CT molecular complexity index is 924. The molecule has 1 atom stereocenters. The fraction of sp³-hybridized carbons (Fsp3) is 0.385. The Morgan fingerprint density at radius 2 is 1.97 bits per heavy atom. The molecule has 1 unspecified atom stereocenters. The van der Waals surface area contributed by atoms with E-state index in [0.29, 0.717) is 6.32 Å². The number of nitrogens with one attached hydrogen (secondary N) is 1. The van der Waals surface area contributed by atoms with Gasteiger partial charge in [0.05, 0.1) is 0 Å². The summed E-state index contributed by atoms with van der Waals surface area (Å²) in [6, 6.07) is 11.9. The van der Waals surface area contributed by atoms with Gasteiger partial charge in [-0.1, -0.05) is 70.7 Å². The molecule has 0 saturated carbocycles. The maximum atomic E-state index is 9.87. The number of rotatable bonds is 6. The van der Waals surface area contributed by atoms with Gasteiger partial charge >= 0.3 is 6.92 Å². The molecule has 0 radical (unpaired) electrons. The molecule has 0 spiro atoms. The summed E-state index contributed by atoms with van der Waals surface area (Å²) in [6.45, 7) is 16.5.